The standard InChI is InChI=1S/C15H13FN4OS/c1-20-14(6-10-8-22(10,2)19-21)18-13-7-17-12-4-3-9(16)5-11(12)15(13)20/h3-5,7-8H,6H2,1-2H3. The third kappa shape index (κ3) is 1.85. The molecule has 22 heavy (non-hydrogen) atoms. The normalized spacial score (nSPS) is 23.3. The number of halogens is 1. The van der Waals surface area contributed by atoms with Crippen LogP contribution in [0.5, 0.6) is 0 Å². The van der Waals surface area contributed by atoms with Crippen molar-refractivity contribution in [2.24, 2.45) is 11.6 Å². The quantitative estimate of drug-likeness (QED) is 0.691. The molecule has 3 aromatic rings. The van der Waals surface area contributed by atoms with Crippen LogP contribution in [0.1, 0.15) is 5.82 Å². The van der Waals surface area contributed by atoms with E-state index in [2.05, 4.69) is 14.6 Å². The van der Waals surface area contributed by atoms with Gasteiger partial charge in [-0.25, -0.2) is 9.37 Å². The van der Waals surface area contributed by atoms with Crippen LogP contribution in [0, 0.1) is 10.7 Å². The second-order valence-corrected chi connectivity index (χ2v) is 8.30. The molecule has 0 fully saturated rings. The van der Waals surface area contributed by atoms with Crippen molar-refractivity contribution < 1.29 is 4.39 Å². The number of aromatic nitrogens is 3. The molecule has 0 saturated carbocycles. The van der Waals surface area contributed by atoms with Gasteiger partial charge in [0.2, 0.25) is 0 Å². The highest BCUT2D eigenvalue weighted by Gasteiger charge is 2.36. The Kier molecular flexibility index (Phi) is 2.65. The maximum Gasteiger partial charge on any atom is 0.124 e. The fourth-order valence-corrected chi connectivity index (χ4v) is 4.25. The molecule has 0 saturated heterocycles. The fourth-order valence-electron chi connectivity index (χ4n) is 2.72. The number of allylic oxidation sites excluding steroid dienone is 1. The lowest BCUT2D eigenvalue weighted by molar-refractivity contribution is 0.629. The maximum absolute atomic E-state index is 13.6. The highest BCUT2D eigenvalue weighted by Crippen LogP contribution is 2.69. The van der Waals surface area contributed by atoms with E-state index < -0.39 is 10.2 Å². The molecule has 5 nitrogen and oxygen atoms in total. The lowest BCUT2D eigenvalue weighted by Gasteiger charge is -2.07. The van der Waals surface area contributed by atoms with Crippen molar-refractivity contribution in [3.05, 3.63) is 51.3 Å². The second kappa shape index (κ2) is 4.36. The molecule has 2 aromatic heterocycles. The van der Waals surface area contributed by atoms with E-state index in [1.54, 1.807) is 12.3 Å². The van der Waals surface area contributed by atoms with E-state index in [9.17, 15) is 9.30 Å². The highest BCUT2D eigenvalue weighted by atomic mass is 32.3. The van der Waals surface area contributed by atoms with Gasteiger partial charge in [0.15, 0.2) is 0 Å². The van der Waals surface area contributed by atoms with Crippen LogP contribution in [0.15, 0.2) is 39.3 Å². The van der Waals surface area contributed by atoms with Gasteiger partial charge in [-0.3, -0.25) is 4.98 Å². The van der Waals surface area contributed by atoms with Crippen molar-refractivity contribution in [1.29, 1.82) is 0 Å². The molecular formula is C15H13FN4OS. The smallest absolute Gasteiger partial charge is 0.124 e. The van der Waals surface area contributed by atoms with Crippen LogP contribution >= 0.6 is 10.2 Å². The van der Waals surface area contributed by atoms with E-state index in [1.807, 2.05) is 23.3 Å². The summed E-state index contributed by atoms with van der Waals surface area (Å²) in [5.74, 6) is 0.538. The average molecular weight is 316 g/mol. The molecule has 0 N–H and O–H groups in total. The Morgan fingerprint density at radius 3 is 2.91 bits per heavy atom. The van der Waals surface area contributed by atoms with E-state index in [1.165, 1.54) is 12.1 Å². The van der Waals surface area contributed by atoms with Crippen molar-refractivity contribution in [2.45, 2.75) is 6.42 Å². The van der Waals surface area contributed by atoms with Gasteiger partial charge in [-0.15, -0.1) is 4.91 Å². The summed E-state index contributed by atoms with van der Waals surface area (Å²) < 4.78 is 18.7. The van der Waals surface area contributed by atoms with Crippen LogP contribution in [0.4, 0.5) is 4.39 Å². The van der Waals surface area contributed by atoms with Gasteiger partial charge in [-0.05, 0) is 34.4 Å². The van der Waals surface area contributed by atoms with Crippen LogP contribution in [0.3, 0.4) is 0 Å². The molecule has 112 valence electrons. The van der Waals surface area contributed by atoms with E-state index in [0.29, 0.717) is 6.42 Å². The predicted octanol–water partition coefficient (Wildman–Crippen LogP) is 3.77. The van der Waals surface area contributed by atoms with Crippen molar-refractivity contribution >= 4 is 32.2 Å². The van der Waals surface area contributed by atoms with Gasteiger partial charge in [0.25, 0.3) is 0 Å². The Hall–Kier alpha value is -2.28. The molecule has 1 atom stereocenters. The monoisotopic (exact) mass is 316 g/mol. The number of hydrogen-bond acceptors (Lipinski definition) is 4. The molecule has 1 aliphatic rings. The molecule has 0 aliphatic carbocycles. The first kappa shape index (κ1) is 13.4. The highest BCUT2D eigenvalue weighted by molar-refractivity contribution is 8.42. The van der Waals surface area contributed by atoms with Crippen molar-refractivity contribution in [1.82, 2.24) is 14.5 Å². The Bertz CT molecular complexity index is 980. The van der Waals surface area contributed by atoms with E-state index in [-0.39, 0.29) is 5.82 Å². The molecule has 0 bridgehead atoms. The summed E-state index contributed by atoms with van der Waals surface area (Å²) in [6, 6.07) is 4.55. The molecule has 0 spiro atoms. The van der Waals surface area contributed by atoms with Crippen LogP contribution in [-0.4, -0.2) is 20.8 Å². The Morgan fingerprint density at radius 1 is 1.36 bits per heavy atom. The molecule has 4 rings (SSSR count). The predicted molar refractivity (Wildman–Crippen MR) is 87.1 cm³/mol. The summed E-state index contributed by atoms with van der Waals surface area (Å²) >= 11 is 0. The molecule has 3 heterocycles. The average Bonchev–Trinajstić information content (AvgIpc) is 3.04. The van der Waals surface area contributed by atoms with Gasteiger partial charge in [0.05, 0.1) is 17.2 Å². The Balaban J connectivity index is 1.87. The lowest BCUT2D eigenvalue weighted by atomic mass is 10.2. The van der Waals surface area contributed by atoms with Crippen molar-refractivity contribution in [2.75, 3.05) is 6.26 Å². The topological polar surface area (TPSA) is 60.1 Å². The largest absolute Gasteiger partial charge is 0.330 e. The number of aryl methyl sites for hydroxylation is 1. The van der Waals surface area contributed by atoms with Crippen LogP contribution in [-0.2, 0) is 13.5 Å². The zero-order valence-electron chi connectivity index (χ0n) is 12.1. The van der Waals surface area contributed by atoms with Gasteiger partial charge in [-0.2, -0.15) is 0 Å². The van der Waals surface area contributed by atoms with Gasteiger partial charge in [-0.1, -0.05) is 10.2 Å². The summed E-state index contributed by atoms with van der Waals surface area (Å²) in [4.78, 5) is 20.8. The van der Waals surface area contributed by atoms with E-state index in [0.717, 1.165) is 32.7 Å². The number of nitroso groups, excluding NO2 is 1. The molecule has 1 unspecified atom stereocenters. The number of hydrogen-bond donors (Lipinski definition) is 0. The first-order valence-electron chi connectivity index (χ1n) is 6.75. The third-order valence-electron chi connectivity index (χ3n) is 4.08. The second-order valence-electron chi connectivity index (χ2n) is 5.51. The van der Waals surface area contributed by atoms with Crippen LogP contribution in [0.25, 0.3) is 21.9 Å². The molecular weight excluding hydrogens is 303 g/mol. The van der Waals surface area contributed by atoms with Gasteiger partial charge >= 0.3 is 0 Å². The minimum absolute atomic E-state index is 0.295. The van der Waals surface area contributed by atoms with E-state index in [4.69, 9.17) is 0 Å². The SMILES string of the molecule is Cn1c(CC2=CS2(C)N=O)nc2cnc3ccc(F)cc3c21. The first-order valence-corrected chi connectivity index (χ1v) is 8.81. The summed E-state index contributed by atoms with van der Waals surface area (Å²) in [7, 11) is 0.379. The zero-order valence-corrected chi connectivity index (χ0v) is 12.9. The number of imidazole rings is 1. The van der Waals surface area contributed by atoms with Gasteiger partial charge < -0.3 is 4.57 Å². The van der Waals surface area contributed by atoms with Crippen molar-refractivity contribution in [3.63, 3.8) is 0 Å². The number of fused-ring (bicyclic) bond motifs is 3. The number of nitrogens with zero attached hydrogens (tertiary/aromatic N) is 4. The summed E-state index contributed by atoms with van der Waals surface area (Å²) in [5, 5.41) is 2.67. The Labute approximate surface area is 127 Å². The summed E-state index contributed by atoms with van der Waals surface area (Å²) in [5.41, 5.74) is 2.32. The number of benzene rings is 1. The minimum Gasteiger partial charge on any atom is -0.330 e. The molecule has 7 heteroatoms. The fraction of sp³-hybridized carbons (Fsp3) is 0.200. The van der Waals surface area contributed by atoms with Crippen molar-refractivity contribution in [3.8, 4) is 0 Å². The molecule has 1 aliphatic heterocycles. The Morgan fingerprint density at radius 2 is 2.18 bits per heavy atom. The lowest BCUT2D eigenvalue weighted by Crippen LogP contribution is -1.98. The number of rotatable bonds is 3. The first-order chi connectivity index (χ1) is 10.5. The molecule has 0 amide bonds. The van der Waals surface area contributed by atoms with Gasteiger partial charge in [0, 0.05) is 23.8 Å². The molecule has 1 aromatic carbocycles. The van der Waals surface area contributed by atoms with Gasteiger partial charge in [0.1, 0.15) is 17.2 Å². The zero-order chi connectivity index (χ0) is 15.5. The number of pyridine rings is 1. The minimum atomic E-state index is -1.52. The van der Waals surface area contributed by atoms with E-state index >= 15 is 0 Å². The molecule has 0 radical (unpaired) electrons. The maximum atomic E-state index is 13.6. The third-order valence-corrected chi connectivity index (χ3v) is 6.20. The summed E-state index contributed by atoms with van der Waals surface area (Å²) in [6.45, 7) is 0. The van der Waals surface area contributed by atoms with Crippen LogP contribution < -0.4 is 0 Å². The summed E-state index contributed by atoms with van der Waals surface area (Å²) in [6.07, 6.45) is 4.16. The van der Waals surface area contributed by atoms with Crippen LogP contribution in [0.2, 0.25) is 0 Å².